The number of fused-ring (bicyclic) bond motifs is 3. The molecule has 0 fully saturated rings. The molecule has 0 heterocycles. The number of rotatable bonds is 2. The second-order valence-electron chi connectivity index (χ2n) is 6.30. The van der Waals surface area contributed by atoms with Gasteiger partial charge in [-0.25, -0.2) is 0 Å². The fourth-order valence-corrected chi connectivity index (χ4v) is 3.52. The number of allylic oxidation sites excluding steroid dienone is 5. The Balaban J connectivity index is 0.00000104. The first-order valence-electron chi connectivity index (χ1n) is 7.91. The largest absolute Gasteiger partial charge is 2.00 e. The summed E-state index contributed by atoms with van der Waals surface area (Å²) >= 11 is 0. The zero-order valence-corrected chi connectivity index (χ0v) is 17.2. The Morgan fingerprint density at radius 3 is 2.42 bits per heavy atom. The molecule has 0 N–H and O–H groups in total. The van der Waals surface area contributed by atoms with Crippen LogP contribution < -0.4 is 12.4 Å². The van der Waals surface area contributed by atoms with E-state index >= 15 is 0 Å². The van der Waals surface area contributed by atoms with Crippen molar-refractivity contribution in [2.75, 3.05) is 0 Å². The van der Waals surface area contributed by atoms with Gasteiger partial charge in [0.25, 0.3) is 0 Å². The SMILES string of the molecule is CC(C)=[C-]c1c(C2=CC=CC2)ccc2c1Cc1ccccc1-2.[Cl-].[Zr+2]. The van der Waals surface area contributed by atoms with E-state index in [0.29, 0.717) is 0 Å². The van der Waals surface area contributed by atoms with Crippen molar-refractivity contribution in [2.24, 2.45) is 0 Å². The van der Waals surface area contributed by atoms with Gasteiger partial charge in [0.2, 0.25) is 0 Å². The van der Waals surface area contributed by atoms with Crippen molar-refractivity contribution in [3.63, 3.8) is 0 Å². The smallest absolute Gasteiger partial charge is 1.00 e. The molecular weight excluding hydrogens is 391 g/mol. The van der Waals surface area contributed by atoms with Crippen LogP contribution in [0.2, 0.25) is 0 Å². The molecule has 0 radical (unpaired) electrons. The zero-order chi connectivity index (χ0) is 15.1. The molecule has 24 heavy (non-hydrogen) atoms. The minimum atomic E-state index is 0. The maximum atomic E-state index is 3.63. The number of halogens is 1. The molecule has 0 saturated carbocycles. The van der Waals surface area contributed by atoms with Crippen molar-refractivity contribution in [3.05, 3.63) is 88.5 Å². The summed E-state index contributed by atoms with van der Waals surface area (Å²) in [7, 11) is 0. The van der Waals surface area contributed by atoms with Gasteiger partial charge in [-0.3, -0.25) is 0 Å². The minimum Gasteiger partial charge on any atom is -1.00 e. The standard InChI is InChI=1S/C22H19.ClH.Zr/c1-15(2)13-21-19(16-7-3-4-8-16)11-12-20-18-10-6-5-9-17(18)14-22(20)21;;/h3-7,9-12H,8,14H2,1-2H3;1H;/q-1;;+2/p-1. The Morgan fingerprint density at radius 2 is 1.71 bits per heavy atom. The van der Waals surface area contributed by atoms with Gasteiger partial charge in [0, 0.05) is 0 Å². The van der Waals surface area contributed by atoms with Crippen LogP contribution in [0.15, 0.2) is 60.2 Å². The van der Waals surface area contributed by atoms with E-state index in [1.54, 1.807) is 0 Å². The average Bonchev–Trinajstić information content (AvgIpc) is 3.14. The molecule has 0 atom stereocenters. The molecule has 2 heteroatoms. The van der Waals surface area contributed by atoms with Gasteiger partial charge in [-0.1, -0.05) is 73.5 Å². The first-order chi connectivity index (χ1) is 10.7. The van der Waals surface area contributed by atoms with E-state index in [0.717, 1.165) is 12.8 Å². The molecule has 0 aliphatic heterocycles. The first kappa shape index (κ1) is 19.2. The molecule has 0 amide bonds. The predicted octanol–water partition coefficient (Wildman–Crippen LogP) is 2.72. The maximum Gasteiger partial charge on any atom is 2.00 e. The van der Waals surface area contributed by atoms with E-state index in [1.807, 2.05) is 0 Å². The van der Waals surface area contributed by atoms with Gasteiger partial charge in [-0.15, -0.1) is 22.8 Å². The van der Waals surface area contributed by atoms with E-state index < -0.39 is 0 Å². The van der Waals surface area contributed by atoms with Crippen LogP contribution >= 0.6 is 0 Å². The molecule has 0 bridgehead atoms. The van der Waals surface area contributed by atoms with Gasteiger partial charge in [0.15, 0.2) is 0 Å². The zero-order valence-electron chi connectivity index (χ0n) is 14.0. The Hall–Kier alpha value is -1.17. The number of hydrogen-bond acceptors (Lipinski definition) is 0. The monoisotopic (exact) mass is 408 g/mol. The van der Waals surface area contributed by atoms with Crippen LogP contribution in [-0.2, 0) is 32.6 Å². The van der Waals surface area contributed by atoms with Crippen LogP contribution in [-0.4, -0.2) is 0 Å². The van der Waals surface area contributed by atoms with E-state index in [2.05, 4.69) is 74.5 Å². The van der Waals surface area contributed by atoms with Crippen molar-refractivity contribution in [3.8, 4) is 11.1 Å². The van der Waals surface area contributed by atoms with Crippen LogP contribution in [0.1, 0.15) is 42.5 Å². The van der Waals surface area contributed by atoms with E-state index in [1.165, 1.54) is 44.5 Å². The number of benzene rings is 2. The Kier molecular flexibility index (Phi) is 6.24. The molecule has 0 aromatic heterocycles. The summed E-state index contributed by atoms with van der Waals surface area (Å²) in [6, 6.07) is 13.3. The van der Waals surface area contributed by atoms with Crippen LogP contribution in [0.3, 0.4) is 0 Å². The van der Waals surface area contributed by atoms with Crippen molar-refractivity contribution >= 4 is 5.57 Å². The Labute approximate surface area is 169 Å². The Morgan fingerprint density at radius 1 is 0.958 bits per heavy atom. The van der Waals surface area contributed by atoms with Gasteiger partial charge in [0.1, 0.15) is 0 Å². The van der Waals surface area contributed by atoms with E-state index in [9.17, 15) is 0 Å². The summed E-state index contributed by atoms with van der Waals surface area (Å²) in [5, 5.41) is 0. The van der Waals surface area contributed by atoms with Crippen molar-refractivity contribution in [1.82, 2.24) is 0 Å². The molecule has 2 aromatic carbocycles. The van der Waals surface area contributed by atoms with Crippen molar-refractivity contribution in [1.29, 1.82) is 0 Å². The second-order valence-corrected chi connectivity index (χ2v) is 6.30. The van der Waals surface area contributed by atoms with Crippen LogP contribution in [0.5, 0.6) is 0 Å². The molecule has 2 aromatic rings. The molecule has 118 valence electrons. The van der Waals surface area contributed by atoms with Crippen molar-refractivity contribution in [2.45, 2.75) is 26.7 Å². The Bertz CT molecular complexity index is 852. The van der Waals surface area contributed by atoms with Crippen LogP contribution in [0, 0.1) is 6.08 Å². The summed E-state index contributed by atoms with van der Waals surface area (Å²) in [6.45, 7) is 4.26. The normalized spacial score (nSPS) is 13.3. The quantitative estimate of drug-likeness (QED) is 0.571. The molecule has 0 unspecified atom stereocenters. The average molecular weight is 410 g/mol. The van der Waals surface area contributed by atoms with Gasteiger partial charge in [0.05, 0.1) is 0 Å². The second kappa shape index (κ2) is 7.81. The molecule has 4 rings (SSSR count). The molecule has 2 aliphatic rings. The van der Waals surface area contributed by atoms with Crippen molar-refractivity contribution < 1.29 is 38.6 Å². The molecule has 0 saturated heterocycles. The van der Waals surface area contributed by atoms with Gasteiger partial charge in [-0.05, 0) is 24.0 Å². The predicted molar refractivity (Wildman–Crippen MR) is 93.6 cm³/mol. The fraction of sp³-hybridized carbons (Fsp3) is 0.182. The number of hydrogen-bond donors (Lipinski definition) is 0. The fourth-order valence-electron chi connectivity index (χ4n) is 3.52. The third kappa shape index (κ3) is 3.30. The molecular formula is C22H19ClZr. The summed E-state index contributed by atoms with van der Waals surface area (Å²) in [5.74, 6) is 0. The summed E-state index contributed by atoms with van der Waals surface area (Å²) in [4.78, 5) is 0. The summed E-state index contributed by atoms with van der Waals surface area (Å²) in [5.41, 5.74) is 10.9. The van der Waals surface area contributed by atoms with Gasteiger partial charge >= 0.3 is 26.2 Å². The van der Waals surface area contributed by atoms with Crippen LogP contribution in [0.25, 0.3) is 16.7 Å². The third-order valence-corrected chi connectivity index (χ3v) is 4.48. The van der Waals surface area contributed by atoms with E-state index in [4.69, 9.17) is 0 Å². The first-order valence-corrected chi connectivity index (χ1v) is 7.91. The summed E-state index contributed by atoms with van der Waals surface area (Å²) < 4.78 is 0. The maximum absolute atomic E-state index is 3.63. The van der Waals surface area contributed by atoms with Gasteiger partial charge < -0.3 is 12.4 Å². The molecule has 0 nitrogen and oxygen atoms in total. The van der Waals surface area contributed by atoms with E-state index in [-0.39, 0.29) is 38.6 Å². The van der Waals surface area contributed by atoms with Crippen LogP contribution in [0.4, 0.5) is 0 Å². The third-order valence-electron chi connectivity index (χ3n) is 4.48. The molecule has 2 aliphatic carbocycles. The van der Waals surface area contributed by atoms with Gasteiger partial charge in [-0.2, -0.15) is 11.6 Å². The summed E-state index contributed by atoms with van der Waals surface area (Å²) in [6.07, 6.45) is 12.3. The molecule has 0 spiro atoms. The minimum absolute atomic E-state index is 0. The topological polar surface area (TPSA) is 0 Å².